The van der Waals surface area contributed by atoms with E-state index in [0.717, 1.165) is 10.2 Å². The van der Waals surface area contributed by atoms with Crippen LogP contribution in [0, 0.1) is 0 Å². The van der Waals surface area contributed by atoms with E-state index >= 15 is 0 Å². The number of hydrogen-bond acceptors (Lipinski definition) is 5. The van der Waals surface area contributed by atoms with Gasteiger partial charge in [0, 0.05) is 12.1 Å². The van der Waals surface area contributed by atoms with E-state index in [-0.39, 0.29) is 5.57 Å². The molecule has 2 rings (SSSR count). The minimum absolute atomic E-state index is 0.0993. The van der Waals surface area contributed by atoms with Crippen LogP contribution in [0.1, 0.15) is 0 Å². The van der Waals surface area contributed by atoms with Crippen LogP contribution < -0.4 is 4.57 Å². The molecule has 0 unspecified atom stereocenters. The molecule has 0 aliphatic carbocycles. The van der Waals surface area contributed by atoms with Crippen molar-refractivity contribution in [1.29, 1.82) is 0 Å². The number of allylic oxidation sites excluding steroid dienone is 1. The van der Waals surface area contributed by atoms with Gasteiger partial charge in [-0.25, -0.2) is 9.59 Å². The number of aromatic nitrogens is 1. The molecule has 1 aromatic carbocycles. The predicted molar refractivity (Wildman–Crippen MR) is 74.1 cm³/mol. The number of carbonyl (C=O) groups excluding carboxylic acids is 2. The van der Waals surface area contributed by atoms with E-state index in [9.17, 15) is 9.59 Å². The lowest BCUT2D eigenvalue weighted by Crippen LogP contribution is -2.31. The number of carbonyl (C=O) groups is 2. The maximum atomic E-state index is 11.5. The first kappa shape index (κ1) is 14.2. The van der Waals surface area contributed by atoms with Crippen LogP contribution in [0.3, 0.4) is 0 Å². The van der Waals surface area contributed by atoms with Crippen molar-refractivity contribution < 1.29 is 23.6 Å². The minimum Gasteiger partial charge on any atom is -0.465 e. The SMILES string of the molecule is COC(=O)C(=CC[n+]1csc2ccccc21)C(=O)OC. The molecule has 5 nitrogen and oxygen atoms in total. The molecule has 0 atom stereocenters. The number of methoxy groups -OCH3 is 2. The highest BCUT2D eigenvalue weighted by Gasteiger charge is 2.20. The van der Waals surface area contributed by atoms with Crippen LogP contribution in [0.5, 0.6) is 0 Å². The monoisotopic (exact) mass is 292 g/mol. The highest BCUT2D eigenvalue weighted by Crippen LogP contribution is 2.15. The zero-order valence-corrected chi connectivity index (χ0v) is 12.0. The topological polar surface area (TPSA) is 56.5 Å². The number of thiazole rings is 1. The molecule has 0 saturated heterocycles. The summed E-state index contributed by atoms with van der Waals surface area (Å²) in [4.78, 5) is 23.1. The Morgan fingerprint density at radius 1 is 1.20 bits per heavy atom. The molecule has 0 radical (unpaired) electrons. The number of ether oxygens (including phenoxy) is 2. The Hall–Kier alpha value is -2.21. The number of benzene rings is 1. The summed E-state index contributed by atoms with van der Waals surface area (Å²) in [6.45, 7) is 0.392. The van der Waals surface area contributed by atoms with Gasteiger partial charge in [-0.3, -0.25) is 0 Å². The number of rotatable bonds is 4. The Morgan fingerprint density at radius 2 is 1.85 bits per heavy atom. The molecule has 0 saturated carbocycles. The Labute approximate surface area is 120 Å². The van der Waals surface area contributed by atoms with Crippen LogP contribution >= 0.6 is 11.3 Å². The number of esters is 2. The molecule has 0 N–H and O–H groups in total. The fourth-order valence-electron chi connectivity index (χ4n) is 1.77. The molecule has 20 heavy (non-hydrogen) atoms. The van der Waals surface area contributed by atoms with E-state index in [1.807, 2.05) is 34.3 Å². The quantitative estimate of drug-likeness (QED) is 0.281. The molecule has 1 heterocycles. The third-order valence-corrected chi connectivity index (χ3v) is 3.74. The van der Waals surface area contributed by atoms with E-state index in [0.29, 0.717) is 6.54 Å². The van der Waals surface area contributed by atoms with Crippen molar-refractivity contribution in [3.05, 3.63) is 41.4 Å². The van der Waals surface area contributed by atoms with E-state index in [4.69, 9.17) is 0 Å². The molecule has 6 heteroatoms. The summed E-state index contributed by atoms with van der Waals surface area (Å²) in [7, 11) is 2.46. The van der Waals surface area contributed by atoms with Crippen molar-refractivity contribution in [3.63, 3.8) is 0 Å². The second-order valence-electron chi connectivity index (χ2n) is 3.94. The highest BCUT2D eigenvalue weighted by molar-refractivity contribution is 7.16. The van der Waals surface area contributed by atoms with Gasteiger partial charge in [-0.05, 0) is 6.07 Å². The summed E-state index contributed by atoms with van der Waals surface area (Å²) in [5.74, 6) is -1.39. The van der Waals surface area contributed by atoms with Crippen LogP contribution in [-0.4, -0.2) is 26.2 Å². The van der Waals surface area contributed by atoms with Gasteiger partial charge in [-0.1, -0.05) is 23.5 Å². The molecule has 0 fully saturated rings. The van der Waals surface area contributed by atoms with E-state index in [2.05, 4.69) is 9.47 Å². The molecule has 1 aromatic heterocycles. The normalized spacial score (nSPS) is 10.1. The largest absolute Gasteiger partial charge is 0.465 e. The molecule has 0 aliphatic heterocycles. The average Bonchev–Trinajstić information content (AvgIpc) is 2.90. The van der Waals surface area contributed by atoms with Gasteiger partial charge in [0.25, 0.3) is 0 Å². The van der Waals surface area contributed by atoms with Crippen molar-refractivity contribution in [3.8, 4) is 0 Å². The summed E-state index contributed by atoms with van der Waals surface area (Å²) in [6, 6.07) is 7.90. The summed E-state index contributed by atoms with van der Waals surface area (Å²) >= 11 is 1.60. The molecule has 0 bridgehead atoms. The van der Waals surface area contributed by atoms with Gasteiger partial charge in [-0.15, -0.1) is 0 Å². The number of fused-ring (bicyclic) bond motifs is 1. The zero-order chi connectivity index (χ0) is 14.5. The first-order valence-corrected chi connectivity index (χ1v) is 6.77. The zero-order valence-electron chi connectivity index (χ0n) is 11.2. The third kappa shape index (κ3) is 2.85. The van der Waals surface area contributed by atoms with Crippen molar-refractivity contribution >= 4 is 33.5 Å². The van der Waals surface area contributed by atoms with Crippen LogP contribution in [0.15, 0.2) is 41.4 Å². The van der Waals surface area contributed by atoms with Crippen LogP contribution in [0.4, 0.5) is 0 Å². The highest BCUT2D eigenvalue weighted by atomic mass is 32.1. The number of hydrogen-bond donors (Lipinski definition) is 0. The summed E-state index contributed by atoms with van der Waals surface area (Å²) in [5, 5.41) is 0. The third-order valence-electron chi connectivity index (χ3n) is 2.78. The Bertz CT molecular complexity index is 657. The molecular formula is C14H14NO4S+. The van der Waals surface area contributed by atoms with E-state index < -0.39 is 11.9 Å². The number of para-hydroxylation sites is 1. The van der Waals surface area contributed by atoms with Gasteiger partial charge in [0.1, 0.15) is 10.3 Å². The van der Waals surface area contributed by atoms with Gasteiger partial charge in [-0.2, -0.15) is 4.57 Å². The van der Waals surface area contributed by atoms with Crippen molar-refractivity contribution in [2.75, 3.05) is 14.2 Å². The molecule has 0 spiro atoms. The van der Waals surface area contributed by atoms with Gasteiger partial charge in [0.2, 0.25) is 11.0 Å². The van der Waals surface area contributed by atoms with E-state index in [1.165, 1.54) is 20.3 Å². The Balaban J connectivity index is 2.29. The summed E-state index contributed by atoms with van der Waals surface area (Å²) in [6.07, 6.45) is 1.51. The second-order valence-corrected chi connectivity index (χ2v) is 4.83. The molecule has 104 valence electrons. The smallest absolute Gasteiger partial charge is 0.345 e. The predicted octanol–water partition coefficient (Wildman–Crippen LogP) is 1.46. The molecule has 0 amide bonds. The first-order valence-electron chi connectivity index (χ1n) is 5.90. The van der Waals surface area contributed by atoms with Gasteiger partial charge in [0.15, 0.2) is 6.54 Å². The summed E-state index contributed by atoms with van der Waals surface area (Å²) < 4.78 is 12.2. The van der Waals surface area contributed by atoms with Crippen LogP contribution in [0.2, 0.25) is 0 Å². The maximum absolute atomic E-state index is 11.5. The Morgan fingerprint density at radius 3 is 2.50 bits per heavy atom. The lowest BCUT2D eigenvalue weighted by molar-refractivity contribution is -0.656. The van der Waals surface area contributed by atoms with Gasteiger partial charge >= 0.3 is 11.9 Å². The number of nitrogens with zero attached hydrogens (tertiary/aromatic N) is 1. The van der Waals surface area contributed by atoms with Crippen LogP contribution in [-0.2, 0) is 25.6 Å². The standard InChI is InChI=1S/C14H14NO4S/c1-18-13(16)10(14(17)19-2)7-8-15-9-20-12-6-4-3-5-11(12)15/h3-7,9H,8H2,1-2H3/q+1. The molecule has 0 aliphatic rings. The first-order chi connectivity index (χ1) is 9.67. The lowest BCUT2D eigenvalue weighted by Gasteiger charge is -2.01. The van der Waals surface area contributed by atoms with E-state index in [1.54, 1.807) is 11.3 Å². The summed E-state index contributed by atoms with van der Waals surface area (Å²) in [5.41, 5.74) is 2.88. The molecular weight excluding hydrogens is 278 g/mol. The van der Waals surface area contributed by atoms with Crippen molar-refractivity contribution in [2.24, 2.45) is 0 Å². The average molecular weight is 292 g/mol. The maximum Gasteiger partial charge on any atom is 0.345 e. The molecule has 2 aromatic rings. The lowest BCUT2D eigenvalue weighted by atomic mass is 10.2. The van der Waals surface area contributed by atoms with Gasteiger partial charge in [0.05, 0.1) is 14.2 Å². The van der Waals surface area contributed by atoms with Crippen molar-refractivity contribution in [1.82, 2.24) is 0 Å². The fraction of sp³-hybridized carbons (Fsp3) is 0.214. The van der Waals surface area contributed by atoms with Gasteiger partial charge < -0.3 is 9.47 Å². The minimum atomic E-state index is -0.697. The van der Waals surface area contributed by atoms with Crippen LogP contribution in [0.25, 0.3) is 10.2 Å². The Kier molecular flexibility index (Phi) is 4.47. The van der Waals surface area contributed by atoms with Crippen molar-refractivity contribution in [2.45, 2.75) is 6.54 Å². The second kappa shape index (κ2) is 6.29. The fourth-order valence-corrected chi connectivity index (χ4v) is 2.68.